The molecule has 0 aliphatic heterocycles. The molecule has 0 heterocycles. The van der Waals surface area contributed by atoms with Crippen LogP contribution in [0.4, 0.5) is 0 Å². The first-order chi connectivity index (χ1) is 9.99. The summed E-state index contributed by atoms with van der Waals surface area (Å²) in [4.78, 5) is 0. The van der Waals surface area contributed by atoms with Gasteiger partial charge in [0.2, 0.25) is 0 Å². The lowest BCUT2D eigenvalue weighted by Gasteiger charge is -2.34. The quantitative estimate of drug-likeness (QED) is 0.629. The highest BCUT2D eigenvalue weighted by atomic mass is 32.2. The van der Waals surface area contributed by atoms with E-state index in [2.05, 4.69) is 12.2 Å². The van der Waals surface area contributed by atoms with Gasteiger partial charge < -0.3 is 10.1 Å². The van der Waals surface area contributed by atoms with Crippen molar-refractivity contribution in [3.63, 3.8) is 0 Å². The summed E-state index contributed by atoms with van der Waals surface area (Å²) in [5.41, 5.74) is 0. The summed E-state index contributed by atoms with van der Waals surface area (Å²) in [6.07, 6.45) is 8.51. The third kappa shape index (κ3) is 7.11. The summed E-state index contributed by atoms with van der Waals surface area (Å²) in [5.74, 6) is 0.492. The Labute approximate surface area is 130 Å². The molecule has 1 fully saturated rings. The Morgan fingerprint density at radius 2 is 2.05 bits per heavy atom. The van der Waals surface area contributed by atoms with Gasteiger partial charge in [0.25, 0.3) is 0 Å². The van der Waals surface area contributed by atoms with Gasteiger partial charge in [-0.3, -0.25) is 0 Å². The number of sulfone groups is 1. The molecule has 0 radical (unpaired) electrons. The van der Waals surface area contributed by atoms with Crippen molar-refractivity contribution >= 4 is 9.84 Å². The Kier molecular flexibility index (Phi) is 8.83. The Morgan fingerprint density at radius 1 is 1.29 bits per heavy atom. The molecular formula is C16H33NO3S. The number of rotatable bonds is 10. The topological polar surface area (TPSA) is 55.4 Å². The fourth-order valence-electron chi connectivity index (χ4n) is 3.32. The van der Waals surface area contributed by atoms with E-state index in [1.165, 1.54) is 6.26 Å². The van der Waals surface area contributed by atoms with E-state index in [0.717, 1.165) is 64.7 Å². The van der Waals surface area contributed by atoms with Crippen molar-refractivity contribution in [1.29, 1.82) is 0 Å². The van der Waals surface area contributed by atoms with E-state index in [9.17, 15) is 8.42 Å². The van der Waals surface area contributed by atoms with Gasteiger partial charge in [-0.15, -0.1) is 0 Å². The van der Waals surface area contributed by atoms with Crippen LogP contribution in [0.3, 0.4) is 0 Å². The standard InChI is InChI=1S/C16H33NO3S/c1-4-11-17-16(10-7-12-20-5-2)14-8-6-9-15(13-14)21(3,18)19/h14-17H,4-13H2,1-3H3. The van der Waals surface area contributed by atoms with Gasteiger partial charge in [0.05, 0.1) is 5.25 Å². The number of hydrogen-bond donors (Lipinski definition) is 1. The number of nitrogens with one attached hydrogen (secondary N) is 1. The van der Waals surface area contributed by atoms with E-state index in [0.29, 0.717) is 12.0 Å². The maximum absolute atomic E-state index is 11.8. The lowest BCUT2D eigenvalue weighted by atomic mass is 9.82. The zero-order valence-corrected chi connectivity index (χ0v) is 14.8. The number of hydrogen-bond acceptors (Lipinski definition) is 4. The summed E-state index contributed by atoms with van der Waals surface area (Å²) >= 11 is 0. The summed E-state index contributed by atoms with van der Waals surface area (Å²) < 4.78 is 29.1. The summed E-state index contributed by atoms with van der Waals surface area (Å²) in [6, 6.07) is 0.440. The molecule has 1 rings (SSSR count). The second kappa shape index (κ2) is 9.80. The van der Waals surface area contributed by atoms with Crippen LogP contribution in [0.15, 0.2) is 0 Å². The molecule has 0 aromatic carbocycles. The van der Waals surface area contributed by atoms with Gasteiger partial charge in [0.15, 0.2) is 0 Å². The van der Waals surface area contributed by atoms with Crippen LogP contribution < -0.4 is 5.32 Å². The molecule has 1 aliphatic carbocycles. The highest BCUT2D eigenvalue weighted by molar-refractivity contribution is 7.91. The first-order valence-electron chi connectivity index (χ1n) is 8.49. The Morgan fingerprint density at radius 3 is 2.67 bits per heavy atom. The molecule has 0 bridgehead atoms. The highest BCUT2D eigenvalue weighted by Gasteiger charge is 2.32. The first-order valence-corrected chi connectivity index (χ1v) is 10.4. The molecule has 0 spiro atoms. The van der Waals surface area contributed by atoms with Crippen LogP contribution in [-0.2, 0) is 14.6 Å². The fourth-order valence-corrected chi connectivity index (χ4v) is 4.51. The van der Waals surface area contributed by atoms with E-state index in [1.54, 1.807) is 0 Å². The monoisotopic (exact) mass is 319 g/mol. The lowest BCUT2D eigenvalue weighted by molar-refractivity contribution is 0.135. The average molecular weight is 320 g/mol. The van der Waals surface area contributed by atoms with E-state index in [1.807, 2.05) is 6.92 Å². The Bertz CT molecular complexity index is 370. The van der Waals surface area contributed by atoms with Crippen LogP contribution in [0.2, 0.25) is 0 Å². The van der Waals surface area contributed by atoms with Crippen molar-refractivity contribution in [2.24, 2.45) is 5.92 Å². The minimum atomic E-state index is -2.89. The molecule has 0 aromatic heterocycles. The van der Waals surface area contributed by atoms with Crippen LogP contribution in [0.1, 0.15) is 58.8 Å². The second-order valence-electron chi connectivity index (χ2n) is 6.28. The molecule has 21 heavy (non-hydrogen) atoms. The molecule has 0 saturated heterocycles. The van der Waals surface area contributed by atoms with Gasteiger partial charge >= 0.3 is 0 Å². The molecule has 0 amide bonds. The highest BCUT2D eigenvalue weighted by Crippen LogP contribution is 2.32. The van der Waals surface area contributed by atoms with Crippen LogP contribution in [0.25, 0.3) is 0 Å². The van der Waals surface area contributed by atoms with Gasteiger partial charge in [-0.05, 0) is 57.9 Å². The average Bonchev–Trinajstić information content (AvgIpc) is 2.46. The predicted octanol–water partition coefficient (Wildman–Crippen LogP) is 2.77. The van der Waals surface area contributed by atoms with Gasteiger partial charge in [-0.1, -0.05) is 13.3 Å². The summed E-state index contributed by atoms with van der Waals surface area (Å²) in [7, 11) is -2.89. The van der Waals surface area contributed by atoms with Crippen molar-refractivity contribution < 1.29 is 13.2 Å². The molecule has 3 unspecified atom stereocenters. The largest absolute Gasteiger partial charge is 0.382 e. The molecule has 5 heteroatoms. The van der Waals surface area contributed by atoms with Crippen LogP contribution in [0, 0.1) is 5.92 Å². The van der Waals surface area contributed by atoms with Crippen molar-refractivity contribution in [3.05, 3.63) is 0 Å². The molecule has 1 aliphatic rings. The molecule has 1 saturated carbocycles. The van der Waals surface area contributed by atoms with Gasteiger partial charge in [-0.25, -0.2) is 8.42 Å². The first kappa shape index (κ1) is 18.9. The zero-order chi connectivity index (χ0) is 15.7. The van der Waals surface area contributed by atoms with Gasteiger partial charge in [0.1, 0.15) is 9.84 Å². The smallest absolute Gasteiger partial charge is 0.150 e. The van der Waals surface area contributed by atoms with E-state index in [4.69, 9.17) is 4.74 Å². The number of ether oxygens (including phenoxy) is 1. The van der Waals surface area contributed by atoms with Crippen LogP contribution in [-0.4, -0.2) is 45.7 Å². The minimum Gasteiger partial charge on any atom is -0.382 e. The summed E-state index contributed by atoms with van der Waals surface area (Å²) in [5, 5.41) is 3.51. The summed E-state index contributed by atoms with van der Waals surface area (Å²) in [6.45, 7) is 6.78. The maximum Gasteiger partial charge on any atom is 0.150 e. The molecule has 3 atom stereocenters. The maximum atomic E-state index is 11.8. The van der Waals surface area contributed by atoms with Gasteiger partial charge in [0, 0.05) is 25.5 Å². The normalized spacial score (nSPS) is 24.9. The van der Waals surface area contributed by atoms with Crippen molar-refractivity contribution in [1.82, 2.24) is 5.32 Å². The SMILES string of the molecule is CCCNC(CCCOCC)C1CCCC(S(C)(=O)=O)C1. The van der Waals surface area contributed by atoms with Crippen molar-refractivity contribution in [2.75, 3.05) is 26.0 Å². The van der Waals surface area contributed by atoms with E-state index in [-0.39, 0.29) is 5.25 Å². The fraction of sp³-hybridized carbons (Fsp3) is 1.00. The van der Waals surface area contributed by atoms with Crippen molar-refractivity contribution in [2.45, 2.75) is 70.1 Å². The third-order valence-electron chi connectivity index (χ3n) is 4.51. The molecule has 126 valence electrons. The third-order valence-corrected chi connectivity index (χ3v) is 6.14. The molecular weight excluding hydrogens is 286 g/mol. The predicted molar refractivity (Wildman–Crippen MR) is 88.4 cm³/mol. The second-order valence-corrected chi connectivity index (χ2v) is 8.60. The molecule has 4 nitrogen and oxygen atoms in total. The van der Waals surface area contributed by atoms with E-state index < -0.39 is 9.84 Å². The van der Waals surface area contributed by atoms with Gasteiger partial charge in [-0.2, -0.15) is 0 Å². The van der Waals surface area contributed by atoms with Crippen LogP contribution >= 0.6 is 0 Å². The van der Waals surface area contributed by atoms with E-state index >= 15 is 0 Å². The molecule has 0 aromatic rings. The Hall–Kier alpha value is -0.130. The van der Waals surface area contributed by atoms with Crippen LogP contribution in [0.5, 0.6) is 0 Å². The molecule has 1 N–H and O–H groups in total. The van der Waals surface area contributed by atoms with Crippen molar-refractivity contribution in [3.8, 4) is 0 Å². The lowest BCUT2D eigenvalue weighted by Crippen LogP contribution is -2.41. The zero-order valence-electron chi connectivity index (χ0n) is 13.9. The minimum absolute atomic E-state index is 0.130. The Balaban J connectivity index is 2.55.